The lowest BCUT2D eigenvalue weighted by Crippen LogP contribution is -2.25. The molecule has 4 aromatic rings. The van der Waals surface area contributed by atoms with Crippen molar-refractivity contribution in [1.82, 2.24) is 30.7 Å². The zero-order valence-corrected chi connectivity index (χ0v) is 14.6. The van der Waals surface area contributed by atoms with Crippen molar-refractivity contribution < 1.29 is 4.79 Å². The van der Waals surface area contributed by atoms with E-state index in [1.165, 1.54) is 19.2 Å². The molecule has 0 saturated heterocycles. The number of aromatic amines is 2. The Morgan fingerprint density at radius 3 is 2.85 bits per heavy atom. The topological polar surface area (TPSA) is 99.3 Å². The largest absolute Gasteiger partial charge is 0.352 e. The minimum absolute atomic E-state index is 0.0362. The first-order chi connectivity index (χ1) is 13.3. The van der Waals surface area contributed by atoms with Gasteiger partial charge >= 0.3 is 0 Å². The third-order valence-corrected chi connectivity index (χ3v) is 4.90. The molecule has 1 amide bonds. The van der Waals surface area contributed by atoms with Crippen LogP contribution < -0.4 is 5.32 Å². The van der Waals surface area contributed by atoms with Gasteiger partial charge in [0.25, 0.3) is 5.91 Å². The monoisotopic (exact) mass is 358 g/mol. The Kier molecular flexibility index (Phi) is 3.71. The van der Waals surface area contributed by atoms with Gasteiger partial charge in [0.05, 0.1) is 11.2 Å². The number of hydrogen-bond acceptors (Lipinski definition) is 4. The number of aromatic nitrogens is 5. The SMILES string of the molecule is O=C(NCC1CC1)c1cccc(-c2n[nH]c3ccc(-c4ncn[nH]4)cc23)c1. The first-order valence-electron chi connectivity index (χ1n) is 9.00. The second kappa shape index (κ2) is 6.35. The number of nitrogens with zero attached hydrogens (tertiary/aromatic N) is 3. The highest BCUT2D eigenvalue weighted by molar-refractivity contribution is 5.98. The third-order valence-electron chi connectivity index (χ3n) is 4.90. The molecule has 5 rings (SSSR count). The summed E-state index contributed by atoms with van der Waals surface area (Å²) in [6.07, 6.45) is 3.92. The van der Waals surface area contributed by atoms with Gasteiger partial charge in [-0.25, -0.2) is 4.98 Å². The maximum atomic E-state index is 12.4. The second-order valence-electron chi connectivity index (χ2n) is 6.90. The summed E-state index contributed by atoms with van der Waals surface area (Å²) in [5, 5.41) is 18.3. The van der Waals surface area contributed by atoms with Crippen LogP contribution in [0.5, 0.6) is 0 Å². The molecule has 7 nitrogen and oxygen atoms in total. The number of nitrogens with one attached hydrogen (secondary N) is 3. The van der Waals surface area contributed by atoms with Gasteiger partial charge in [-0.3, -0.25) is 15.0 Å². The average Bonchev–Trinajstić information content (AvgIpc) is 3.19. The van der Waals surface area contributed by atoms with E-state index < -0.39 is 0 Å². The van der Waals surface area contributed by atoms with E-state index >= 15 is 0 Å². The second-order valence-corrected chi connectivity index (χ2v) is 6.90. The van der Waals surface area contributed by atoms with Crippen LogP contribution in [0.25, 0.3) is 33.5 Å². The summed E-state index contributed by atoms with van der Waals surface area (Å²) in [5.74, 6) is 1.32. The molecule has 27 heavy (non-hydrogen) atoms. The van der Waals surface area contributed by atoms with Crippen LogP contribution in [-0.4, -0.2) is 37.8 Å². The molecule has 0 atom stereocenters. The lowest BCUT2D eigenvalue weighted by atomic mass is 10.0. The van der Waals surface area contributed by atoms with Crippen molar-refractivity contribution in [3.05, 3.63) is 54.4 Å². The normalized spacial score (nSPS) is 13.8. The highest BCUT2D eigenvalue weighted by Crippen LogP contribution is 2.30. The summed E-state index contributed by atoms with van der Waals surface area (Å²) in [7, 11) is 0. The Bertz CT molecular complexity index is 1110. The minimum atomic E-state index is -0.0362. The summed E-state index contributed by atoms with van der Waals surface area (Å²) in [4.78, 5) is 16.6. The van der Waals surface area contributed by atoms with E-state index in [2.05, 4.69) is 30.7 Å². The van der Waals surface area contributed by atoms with Crippen LogP contribution in [0.3, 0.4) is 0 Å². The Hall–Kier alpha value is -3.48. The minimum Gasteiger partial charge on any atom is -0.352 e. The van der Waals surface area contributed by atoms with Crippen LogP contribution in [0, 0.1) is 5.92 Å². The molecular formula is C20H18N6O. The Morgan fingerprint density at radius 2 is 2.04 bits per heavy atom. The van der Waals surface area contributed by atoms with Crippen LogP contribution in [-0.2, 0) is 0 Å². The quantitative estimate of drug-likeness (QED) is 0.510. The van der Waals surface area contributed by atoms with Crippen LogP contribution in [0.15, 0.2) is 48.8 Å². The summed E-state index contributed by atoms with van der Waals surface area (Å²) >= 11 is 0. The number of fused-ring (bicyclic) bond motifs is 1. The maximum absolute atomic E-state index is 12.4. The molecular weight excluding hydrogens is 340 g/mol. The van der Waals surface area contributed by atoms with Crippen molar-refractivity contribution in [2.24, 2.45) is 5.92 Å². The Morgan fingerprint density at radius 1 is 1.11 bits per heavy atom. The fourth-order valence-electron chi connectivity index (χ4n) is 3.19. The van der Waals surface area contributed by atoms with E-state index in [-0.39, 0.29) is 5.91 Å². The molecule has 1 aliphatic rings. The molecule has 2 heterocycles. The zero-order chi connectivity index (χ0) is 18.2. The molecule has 3 N–H and O–H groups in total. The van der Waals surface area contributed by atoms with Gasteiger partial charge in [0.2, 0.25) is 0 Å². The van der Waals surface area contributed by atoms with Crippen LogP contribution in [0.4, 0.5) is 0 Å². The Labute approximate surface area is 155 Å². The van der Waals surface area contributed by atoms with E-state index in [1.807, 2.05) is 42.5 Å². The molecule has 2 aromatic carbocycles. The fourth-order valence-corrected chi connectivity index (χ4v) is 3.19. The summed E-state index contributed by atoms with van der Waals surface area (Å²) < 4.78 is 0. The molecule has 7 heteroatoms. The molecule has 134 valence electrons. The first-order valence-corrected chi connectivity index (χ1v) is 9.00. The maximum Gasteiger partial charge on any atom is 0.251 e. The number of amides is 1. The third kappa shape index (κ3) is 3.08. The van der Waals surface area contributed by atoms with Gasteiger partial charge < -0.3 is 5.32 Å². The lowest BCUT2D eigenvalue weighted by Gasteiger charge is -2.06. The molecule has 1 aliphatic carbocycles. The summed E-state index contributed by atoms with van der Waals surface area (Å²) in [5.41, 5.74) is 4.21. The average molecular weight is 358 g/mol. The number of rotatable bonds is 5. The van der Waals surface area contributed by atoms with Gasteiger partial charge in [-0.15, -0.1) is 0 Å². The molecule has 0 unspecified atom stereocenters. The Balaban J connectivity index is 1.50. The van der Waals surface area contributed by atoms with E-state index in [1.54, 1.807) is 0 Å². The molecule has 1 fully saturated rings. The van der Waals surface area contributed by atoms with Crippen LogP contribution in [0.1, 0.15) is 23.2 Å². The van der Waals surface area contributed by atoms with Gasteiger partial charge in [0.1, 0.15) is 6.33 Å². The molecule has 0 aliphatic heterocycles. The van der Waals surface area contributed by atoms with Crippen molar-refractivity contribution in [3.63, 3.8) is 0 Å². The molecule has 0 bridgehead atoms. The molecule has 1 saturated carbocycles. The summed E-state index contributed by atoms with van der Waals surface area (Å²) in [6, 6.07) is 13.5. The lowest BCUT2D eigenvalue weighted by molar-refractivity contribution is 0.0952. The van der Waals surface area contributed by atoms with E-state index in [0.717, 1.165) is 34.3 Å². The standard InChI is InChI=1S/C20H18N6O/c27-20(21-10-12-4-5-12)15-3-1-2-13(8-15)18-16-9-14(19-22-11-23-26-19)6-7-17(16)24-25-18/h1-3,6-9,11-12H,4-5,10H2,(H,21,27)(H,24,25)(H,22,23,26). The van der Waals surface area contributed by atoms with E-state index in [4.69, 9.17) is 0 Å². The number of H-pyrrole nitrogens is 2. The van der Waals surface area contributed by atoms with Crippen molar-refractivity contribution in [2.45, 2.75) is 12.8 Å². The molecule has 0 radical (unpaired) electrons. The van der Waals surface area contributed by atoms with Gasteiger partial charge in [-0.1, -0.05) is 12.1 Å². The molecule has 0 spiro atoms. The smallest absolute Gasteiger partial charge is 0.251 e. The highest BCUT2D eigenvalue weighted by atomic mass is 16.1. The van der Waals surface area contributed by atoms with Crippen molar-refractivity contribution >= 4 is 16.8 Å². The van der Waals surface area contributed by atoms with E-state index in [9.17, 15) is 4.79 Å². The fraction of sp³-hybridized carbons (Fsp3) is 0.200. The van der Waals surface area contributed by atoms with Gasteiger partial charge in [0, 0.05) is 28.6 Å². The van der Waals surface area contributed by atoms with Crippen molar-refractivity contribution in [2.75, 3.05) is 6.54 Å². The zero-order valence-electron chi connectivity index (χ0n) is 14.6. The van der Waals surface area contributed by atoms with Gasteiger partial charge in [-0.2, -0.15) is 10.2 Å². The van der Waals surface area contributed by atoms with Crippen LogP contribution >= 0.6 is 0 Å². The van der Waals surface area contributed by atoms with Crippen molar-refractivity contribution in [3.8, 4) is 22.6 Å². The van der Waals surface area contributed by atoms with Gasteiger partial charge in [0.15, 0.2) is 5.82 Å². The number of carbonyl (C=O) groups excluding carboxylic acids is 1. The highest BCUT2D eigenvalue weighted by Gasteiger charge is 2.22. The van der Waals surface area contributed by atoms with E-state index in [0.29, 0.717) is 17.3 Å². The predicted octanol–water partition coefficient (Wildman–Crippen LogP) is 3.15. The molecule has 2 aromatic heterocycles. The van der Waals surface area contributed by atoms with Crippen molar-refractivity contribution in [1.29, 1.82) is 0 Å². The number of benzene rings is 2. The summed E-state index contributed by atoms with van der Waals surface area (Å²) in [6.45, 7) is 0.759. The van der Waals surface area contributed by atoms with Gasteiger partial charge in [-0.05, 0) is 49.1 Å². The van der Waals surface area contributed by atoms with Crippen LogP contribution in [0.2, 0.25) is 0 Å². The number of carbonyl (C=O) groups is 1. The first kappa shape index (κ1) is 15.7. The number of hydrogen-bond donors (Lipinski definition) is 3. The predicted molar refractivity (Wildman–Crippen MR) is 102 cm³/mol.